The van der Waals surface area contributed by atoms with Gasteiger partial charge in [0.15, 0.2) is 0 Å². The van der Waals surface area contributed by atoms with Crippen molar-refractivity contribution in [2.75, 3.05) is 19.7 Å². The molecule has 1 N–H and O–H groups in total. The van der Waals surface area contributed by atoms with Gasteiger partial charge in [-0.15, -0.1) is 24.8 Å². The van der Waals surface area contributed by atoms with Gasteiger partial charge in [-0.2, -0.15) is 0 Å². The summed E-state index contributed by atoms with van der Waals surface area (Å²) in [5, 5.41) is 3.32. The van der Waals surface area contributed by atoms with E-state index in [1.807, 2.05) is 0 Å². The van der Waals surface area contributed by atoms with Crippen LogP contribution in [0.15, 0.2) is 0 Å². The van der Waals surface area contributed by atoms with Crippen molar-refractivity contribution in [1.29, 1.82) is 0 Å². The van der Waals surface area contributed by atoms with Crippen molar-refractivity contribution in [3.05, 3.63) is 0 Å². The summed E-state index contributed by atoms with van der Waals surface area (Å²) in [5.41, 5.74) is 0. The van der Waals surface area contributed by atoms with Crippen LogP contribution in [-0.4, -0.2) is 26.2 Å². The fourth-order valence-electron chi connectivity index (χ4n) is 1.45. The van der Waals surface area contributed by atoms with Crippen molar-refractivity contribution >= 4 is 31.3 Å². The summed E-state index contributed by atoms with van der Waals surface area (Å²) in [5.74, 6) is 0.712. The maximum Gasteiger partial charge on any atom is 0.293 e. The molecule has 0 amide bonds. The number of rotatable bonds is 4. The van der Waals surface area contributed by atoms with E-state index < -0.39 is 0 Å². The van der Waals surface area contributed by atoms with E-state index in [0.29, 0.717) is 19.0 Å². The number of nitrogens with one attached hydrogen (secondary N) is 1. The number of carbonyl (C=O) groups is 1. The van der Waals surface area contributed by atoms with E-state index in [1.54, 1.807) is 0 Å². The van der Waals surface area contributed by atoms with Gasteiger partial charge in [-0.1, -0.05) is 0 Å². The quantitative estimate of drug-likeness (QED) is 0.586. The van der Waals surface area contributed by atoms with E-state index in [9.17, 15) is 4.79 Å². The lowest BCUT2D eigenvalue weighted by molar-refractivity contribution is -0.129. The van der Waals surface area contributed by atoms with Crippen LogP contribution in [0.5, 0.6) is 0 Å². The average Bonchev–Trinajstić information content (AvgIpc) is 2.07. The van der Waals surface area contributed by atoms with Gasteiger partial charge in [-0.3, -0.25) is 4.79 Å². The summed E-state index contributed by atoms with van der Waals surface area (Å²) < 4.78 is 4.63. The number of ether oxygens (including phenoxy) is 1. The van der Waals surface area contributed by atoms with E-state index in [1.165, 1.54) is 12.8 Å². The molecule has 1 heterocycles. The molecule has 1 atom stereocenters. The Balaban J connectivity index is 0. The highest BCUT2D eigenvalue weighted by atomic mass is 35.5. The van der Waals surface area contributed by atoms with Crippen molar-refractivity contribution in [3.8, 4) is 0 Å². The molecule has 0 spiro atoms. The normalized spacial score (nSPS) is 20.8. The molecule has 3 nitrogen and oxygen atoms in total. The highest BCUT2D eigenvalue weighted by Gasteiger charge is 2.11. The Morgan fingerprint density at radius 2 is 2.23 bits per heavy atom. The fraction of sp³-hybridized carbons (Fsp3) is 0.875. The standard InChI is InChI=1S/C8H15NO2.2ClH/c10-7-11-5-3-8-2-1-4-9-6-8;;/h7-9H,1-6H2;2*1H. The summed E-state index contributed by atoms with van der Waals surface area (Å²) in [6.07, 6.45) is 3.53. The molecule has 1 aliphatic heterocycles. The zero-order valence-electron chi connectivity index (χ0n) is 7.53. The number of piperidine rings is 1. The lowest BCUT2D eigenvalue weighted by Crippen LogP contribution is -2.30. The van der Waals surface area contributed by atoms with Crippen LogP contribution in [0.3, 0.4) is 0 Å². The third-order valence-electron chi connectivity index (χ3n) is 2.11. The van der Waals surface area contributed by atoms with Crippen LogP contribution < -0.4 is 5.32 Å². The molecule has 0 aromatic heterocycles. The molecule has 1 aliphatic rings. The van der Waals surface area contributed by atoms with Crippen LogP contribution in [0.2, 0.25) is 0 Å². The molecule has 1 unspecified atom stereocenters. The highest BCUT2D eigenvalue weighted by Crippen LogP contribution is 2.13. The van der Waals surface area contributed by atoms with Crippen molar-refractivity contribution in [1.82, 2.24) is 5.32 Å². The van der Waals surface area contributed by atoms with Crippen molar-refractivity contribution in [3.63, 3.8) is 0 Å². The predicted molar refractivity (Wildman–Crippen MR) is 56.7 cm³/mol. The molecular formula is C8H17Cl2NO2. The Hall–Kier alpha value is 0.01000. The van der Waals surface area contributed by atoms with E-state index in [2.05, 4.69) is 10.1 Å². The van der Waals surface area contributed by atoms with Gasteiger partial charge in [-0.25, -0.2) is 0 Å². The third kappa shape index (κ3) is 7.11. The van der Waals surface area contributed by atoms with Crippen LogP contribution in [0.1, 0.15) is 19.3 Å². The number of carbonyl (C=O) groups excluding carboxylic acids is 1. The summed E-state index contributed by atoms with van der Waals surface area (Å²) >= 11 is 0. The zero-order valence-corrected chi connectivity index (χ0v) is 9.16. The fourth-order valence-corrected chi connectivity index (χ4v) is 1.45. The van der Waals surface area contributed by atoms with Crippen LogP contribution in [-0.2, 0) is 9.53 Å². The maximum atomic E-state index is 9.81. The van der Waals surface area contributed by atoms with Crippen molar-refractivity contribution < 1.29 is 9.53 Å². The summed E-state index contributed by atoms with van der Waals surface area (Å²) in [6, 6.07) is 0. The molecule has 1 saturated heterocycles. The SMILES string of the molecule is Cl.Cl.O=COCCC1CCCNC1. The Labute approximate surface area is 91.4 Å². The minimum Gasteiger partial charge on any atom is -0.468 e. The minimum absolute atomic E-state index is 0. The second-order valence-corrected chi connectivity index (χ2v) is 2.97. The Bertz CT molecular complexity index is 119. The van der Waals surface area contributed by atoms with Gasteiger partial charge in [0.05, 0.1) is 6.61 Å². The van der Waals surface area contributed by atoms with E-state index in [0.717, 1.165) is 19.5 Å². The number of hydrogen-bond donors (Lipinski definition) is 1. The van der Waals surface area contributed by atoms with Gasteiger partial charge < -0.3 is 10.1 Å². The largest absolute Gasteiger partial charge is 0.468 e. The smallest absolute Gasteiger partial charge is 0.293 e. The first-order valence-corrected chi connectivity index (χ1v) is 4.19. The highest BCUT2D eigenvalue weighted by molar-refractivity contribution is 5.85. The Morgan fingerprint density at radius 1 is 1.46 bits per heavy atom. The molecule has 1 rings (SSSR count). The maximum absolute atomic E-state index is 9.81. The van der Waals surface area contributed by atoms with Gasteiger partial charge in [0.1, 0.15) is 0 Å². The Morgan fingerprint density at radius 3 is 2.77 bits per heavy atom. The molecule has 13 heavy (non-hydrogen) atoms. The molecule has 0 aromatic rings. The van der Waals surface area contributed by atoms with Crippen LogP contribution in [0.4, 0.5) is 0 Å². The molecule has 0 saturated carbocycles. The summed E-state index contributed by atoms with van der Waals surface area (Å²) in [4.78, 5) is 9.81. The first kappa shape index (κ1) is 15.5. The van der Waals surface area contributed by atoms with Crippen LogP contribution in [0.25, 0.3) is 0 Å². The monoisotopic (exact) mass is 229 g/mol. The van der Waals surface area contributed by atoms with Gasteiger partial charge in [-0.05, 0) is 38.3 Å². The van der Waals surface area contributed by atoms with Gasteiger partial charge in [0.2, 0.25) is 0 Å². The molecule has 0 aliphatic carbocycles. The molecule has 0 bridgehead atoms. The lowest BCUT2D eigenvalue weighted by atomic mass is 9.97. The summed E-state index contributed by atoms with van der Waals surface area (Å²) in [7, 11) is 0. The molecule has 1 fully saturated rings. The van der Waals surface area contributed by atoms with Gasteiger partial charge in [0.25, 0.3) is 6.47 Å². The van der Waals surface area contributed by atoms with Gasteiger partial charge in [0, 0.05) is 0 Å². The topological polar surface area (TPSA) is 38.3 Å². The number of halogens is 2. The first-order valence-electron chi connectivity index (χ1n) is 4.19. The first-order chi connectivity index (χ1) is 5.43. The lowest BCUT2D eigenvalue weighted by Gasteiger charge is -2.21. The summed E-state index contributed by atoms with van der Waals surface area (Å²) in [6.45, 7) is 3.33. The van der Waals surface area contributed by atoms with Crippen molar-refractivity contribution in [2.45, 2.75) is 19.3 Å². The second-order valence-electron chi connectivity index (χ2n) is 2.97. The Kier molecular flexibility index (Phi) is 12.0. The second kappa shape index (κ2) is 10.1. The molecular weight excluding hydrogens is 213 g/mol. The molecule has 0 aromatic carbocycles. The van der Waals surface area contributed by atoms with Crippen molar-refractivity contribution in [2.24, 2.45) is 5.92 Å². The van der Waals surface area contributed by atoms with E-state index >= 15 is 0 Å². The molecule has 0 radical (unpaired) electrons. The molecule has 5 heteroatoms. The van der Waals surface area contributed by atoms with Gasteiger partial charge >= 0.3 is 0 Å². The molecule has 80 valence electrons. The predicted octanol–water partition coefficient (Wildman–Crippen LogP) is 1.39. The van der Waals surface area contributed by atoms with E-state index in [-0.39, 0.29) is 24.8 Å². The average molecular weight is 230 g/mol. The third-order valence-corrected chi connectivity index (χ3v) is 2.11. The number of hydrogen-bond acceptors (Lipinski definition) is 3. The van der Waals surface area contributed by atoms with Crippen LogP contribution >= 0.6 is 24.8 Å². The zero-order chi connectivity index (χ0) is 7.94. The van der Waals surface area contributed by atoms with Crippen LogP contribution in [0, 0.1) is 5.92 Å². The minimum atomic E-state index is 0. The van der Waals surface area contributed by atoms with E-state index in [4.69, 9.17) is 0 Å².